The summed E-state index contributed by atoms with van der Waals surface area (Å²) in [6, 6.07) is 5.82. The van der Waals surface area contributed by atoms with Gasteiger partial charge in [-0.05, 0) is 34.5 Å². The zero-order chi connectivity index (χ0) is 13.2. The Balaban J connectivity index is 1.79. The Labute approximate surface area is 119 Å². The molecule has 0 unspecified atom stereocenters. The van der Waals surface area contributed by atoms with Crippen LogP contribution in [-0.2, 0) is 6.54 Å². The Bertz CT molecular complexity index is 594. The molecule has 1 aliphatic rings. The largest absolute Gasteiger partial charge is 0.486 e. The molecule has 0 amide bonds. The van der Waals surface area contributed by atoms with Crippen LogP contribution in [0, 0.1) is 6.92 Å². The normalized spacial score (nSPS) is 13.4. The van der Waals surface area contributed by atoms with Crippen molar-refractivity contribution in [1.82, 2.24) is 0 Å². The van der Waals surface area contributed by atoms with E-state index in [2.05, 4.69) is 21.2 Å². The molecule has 100 valence electrons. The maximum Gasteiger partial charge on any atom is 0.163 e. The van der Waals surface area contributed by atoms with E-state index in [-0.39, 0.29) is 0 Å². The van der Waals surface area contributed by atoms with Crippen LogP contribution in [0.2, 0.25) is 0 Å². The fraction of sp³-hybridized carbons (Fsp3) is 0.286. The summed E-state index contributed by atoms with van der Waals surface area (Å²) >= 11 is 3.53. The number of halogens is 1. The van der Waals surface area contributed by atoms with Gasteiger partial charge in [0.25, 0.3) is 0 Å². The first-order valence-electron chi connectivity index (χ1n) is 6.10. The number of rotatable bonds is 3. The van der Waals surface area contributed by atoms with E-state index in [1.54, 1.807) is 6.26 Å². The van der Waals surface area contributed by atoms with Gasteiger partial charge in [0.1, 0.15) is 19.0 Å². The van der Waals surface area contributed by atoms with Crippen LogP contribution >= 0.6 is 15.9 Å². The molecule has 0 fully saturated rings. The Hall–Kier alpha value is -1.62. The molecule has 1 aromatic carbocycles. The van der Waals surface area contributed by atoms with Crippen molar-refractivity contribution >= 4 is 21.6 Å². The van der Waals surface area contributed by atoms with Crippen molar-refractivity contribution < 1.29 is 13.9 Å². The Morgan fingerprint density at radius 1 is 1.21 bits per heavy atom. The molecular weight excluding hydrogens is 310 g/mol. The minimum atomic E-state index is 0.589. The van der Waals surface area contributed by atoms with Gasteiger partial charge < -0.3 is 19.2 Å². The molecule has 3 rings (SSSR count). The summed E-state index contributed by atoms with van der Waals surface area (Å²) < 4.78 is 17.4. The van der Waals surface area contributed by atoms with Crippen molar-refractivity contribution in [3.8, 4) is 11.5 Å². The van der Waals surface area contributed by atoms with Crippen molar-refractivity contribution in [2.45, 2.75) is 13.5 Å². The average Bonchev–Trinajstić information content (AvgIpc) is 2.82. The van der Waals surface area contributed by atoms with Crippen molar-refractivity contribution in [1.29, 1.82) is 0 Å². The second-order valence-corrected chi connectivity index (χ2v) is 5.21. The highest BCUT2D eigenvalue weighted by Crippen LogP contribution is 2.38. The number of hydrogen-bond donors (Lipinski definition) is 1. The zero-order valence-electron chi connectivity index (χ0n) is 10.5. The smallest absolute Gasteiger partial charge is 0.163 e. The maximum absolute atomic E-state index is 5.57. The summed E-state index contributed by atoms with van der Waals surface area (Å²) in [6.45, 7) is 3.85. The summed E-state index contributed by atoms with van der Waals surface area (Å²) in [7, 11) is 0. The average molecular weight is 324 g/mol. The van der Waals surface area contributed by atoms with Crippen LogP contribution in [0.1, 0.15) is 11.3 Å². The molecule has 0 saturated heterocycles. The molecule has 0 atom stereocenters. The van der Waals surface area contributed by atoms with E-state index in [0.29, 0.717) is 19.8 Å². The number of furan rings is 1. The van der Waals surface area contributed by atoms with Gasteiger partial charge in [0.05, 0.1) is 18.5 Å². The number of nitrogens with one attached hydrogen (secondary N) is 1. The molecule has 2 aromatic rings. The second kappa shape index (κ2) is 5.17. The van der Waals surface area contributed by atoms with Crippen LogP contribution in [-0.4, -0.2) is 13.2 Å². The zero-order valence-corrected chi connectivity index (χ0v) is 12.1. The van der Waals surface area contributed by atoms with Crippen molar-refractivity contribution in [2.24, 2.45) is 0 Å². The van der Waals surface area contributed by atoms with Crippen molar-refractivity contribution in [2.75, 3.05) is 18.5 Å². The minimum Gasteiger partial charge on any atom is -0.486 e. The van der Waals surface area contributed by atoms with Gasteiger partial charge in [-0.1, -0.05) is 0 Å². The van der Waals surface area contributed by atoms with E-state index < -0.39 is 0 Å². The first-order valence-corrected chi connectivity index (χ1v) is 6.89. The Morgan fingerprint density at radius 3 is 2.63 bits per heavy atom. The highest BCUT2D eigenvalue weighted by Gasteiger charge is 2.15. The molecule has 0 radical (unpaired) electrons. The molecule has 1 aromatic heterocycles. The van der Waals surface area contributed by atoms with E-state index in [0.717, 1.165) is 33.0 Å². The lowest BCUT2D eigenvalue weighted by Gasteiger charge is -2.20. The molecule has 1 aliphatic heterocycles. The Kier molecular flexibility index (Phi) is 3.38. The monoisotopic (exact) mass is 323 g/mol. The first kappa shape index (κ1) is 12.4. The van der Waals surface area contributed by atoms with Crippen LogP contribution in [0.4, 0.5) is 5.69 Å². The van der Waals surface area contributed by atoms with E-state index in [1.807, 2.05) is 25.1 Å². The van der Waals surface area contributed by atoms with Crippen LogP contribution in [0.5, 0.6) is 11.5 Å². The molecular formula is C14H14BrNO3. The maximum atomic E-state index is 5.57. The topological polar surface area (TPSA) is 43.6 Å². The third-order valence-electron chi connectivity index (χ3n) is 3.04. The van der Waals surface area contributed by atoms with E-state index in [4.69, 9.17) is 13.9 Å². The summed E-state index contributed by atoms with van der Waals surface area (Å²) in [5.74, 6) is 2.48. The fourth-order valence-corrected chi connectivity index (χ4v) is 2.42. The van der Waals surface area contributed by atoms with Gasteiger partial charge in [-0.15, -0.1) is 0 Å². The minimum absolute atomic E-state index is 0.589. The van der Waals surface area contributed by atoms with Crippen molar-refractivity contribution in [3.63, 3.8) is 0 Å². The van der Waals surface area contributed by atoms with Crippen LogP contribution < -0.4 is 14.8 Å². The van der Waals surface area contributed by atoms with Gasteiger partial charge >= 0.3 is 0 Å². The lowest BCUT2D eigenvalue weighted by atomic mass is 10.2. The summed E-state index contributed by atoms with van der Waals surface area (Å²) in [6.07, 6.45) is 1.70. The van der Waals surface area contributed by atoms with Gasteiger partial charge in [0, 0.05) is 16.6 Å². The third-order valence-corrected chi connectivity index (χ3v) is 3.70. The number of fused-ring (bicyclic) bond motifs is 1. The van der Waals surface area contributed by atoms with Crippen LogP contribution in [0.25, 0.3) is 0 Å². The Morgan fingerprint density at radius 2 is 1.95 bits per heavy atom. The molecule has 4 nitrogen and oxygen atoms in total. The number of aryl methyl sites for hydroxylation is 1. The first-order chi connectivity index (χ1) is 9.24. The predicted molar refractivity (Wildman–Crippen MR) is 75.9 cm³/mol. The quantitative estimate of drug-likeness (QED) is 0.934. The van der Waals surface area contributed by atoms with Gasteiger partial charge in [-0.25, -0.2) is 0 Å². The van der Waals surface area contributed by atoms with E-state index in [9.17, 15) is 0 Å². The fourth-order valence-electron chi connectivity index (χ4n) is 1.96. The molecule has 0 bridgehead atoms. The number of anilines is 1. The van der Waals surface area contributed by atoms with Gasteiger partial charge in [0.15, 0.2) is 11.5 Å². The van der Waals surface area contributed by atoms with Gasteiger partial charge in [-0.2, -0.15) is 0 Å². The summed E-state index contributed by atoms with van der Waals surface area (Å²) in [5, 5.41) is 3.33. The number of benzene rings is 1. The van der Waals surface area contributed by atoms with Crippen LogP contribution in [0.15, 0.2) is 33.4 Å². The van der Waals surface area contributed by atoms with Gasteiger partial charge in [-0.3, -0.25) is 0 Å². The number of ether oxygens (including phenoxy) is 2. The standard InChI is InChI=1S/C14H14BrNO3/c1-9-2-3-17-14(9)8-16-11-7-13-12(6-10(11)15)18-4-5-19-13/h2-3,6-7,16H,4-5,8H2,1H3. The lowest BCUT2D eigenvalue weighted by molar-refractivity contribution is 0.171. The number of hydrogen-bond acceptors (Lipinski definition) is 4. The highest BCUT2D eigenvalue weighted by atomic mass is 79.9. The lowest BCUT2D eigenvalue weighted by Crippen LogP contribution is -2.15. The molecule has 1 N–H and O–H groups in total. The van der Waals surface area contributed by atoms with Crippen LogP contribution in [0.3, 0.4) is 0 Å². The molecule has 5 heteroatoms. The second-order valence-electron chi connectivity index (χ2n) is 4.36. The molecule has 19 heavy (non-hydrogen) atoms. The van der Waals surface area contributed by atoms with E-state index >= 15 is 0 Å². The summed E-state index contributed by atoms with van der Waals surface area (Å²) in [5.41, 5.74) is 2.10. The molecule has 2 heterocycles. The third kappa shape index (κ3) is 2.56. The van der Waals surface area contributed by atoms with E-state index in [1.165, 1.54) is 0 Å². The predicted octanol–water partition coefficient (Wildman–Crippen LogP) is 3.73. The molecule has 0 aliphatic carbocycles. The highest BCUT2D eigenvalue weighted by molar-refractivity contribution is 9.10. The van der Waals surface area contributed by atoms with Crippen molar-refractivity contribution in [3.05, 3.63) is 40.3 Å². The SMILES string of the molecule is Cc1ccoc1CNc1cc2c(cc1Br)OCCO2. The molecule has 0 spiro atoms. The van der Waals surface area contributed by atoms with Gasteiger partial charge in [0.2, 0.25) is 0 Å². The molecule has 0 saturated carbocycles. The summed E-state index contributed by atoms with van der Waals surface area (Å²) in [4.78, 5) is 0.